The summed E-state index contributed by atoms with van der Waals surface area (Å²) in [6.45, 7) is 27.1. The van der Waals surface area contributed by atoms with Gasteiger partial charge in [-0.1, -0.05) is 138 Å². The lowest BCUT2D eigenvalue weighted by Gasteiger charge is -2.27. The van der Waals surface area contributed by atoms with Crippen LogP contribution in [0.2, 0.25) is 0 Å². The molecule has 0 atom stereocenters. The van der Waals surface area contributed by atoms with E-state index in [9.17, 15) is 21.0 Å². The number of hydrogen-bond donors (Lipinski definition) is 0. The number of nitrogens with zero attached hydrogens (tertiary/aromatic N) is 10. The number of aromatic nitrogens is 6. The van der Waals surface area contributed by atoms with E-state index < -0.39 is 0 Å². The highest BCUT2D eigenvalue weighted by Gasteiger charge is 2.36. The van der Waals surface area contributed by atoms with Gasteiger partial charge in [0.2, 0.25) is 5.89 Å². The zero-order valence-electron chi connectivity index (χ0n) is 56.4. The average Bonchev–Trinajstić information content (AvgIpc) is 1.58. The fourth-order valence-corrected chi connectivity index (χ4v) is 14.6. The quantitative estimate of drug-likeness (QED) is 0.161. The van der Waals surface area contributed by atoms with Gasteiger partial charge < -0.3 is 13.6 Å². The molecule has 0 aliphatic carbocycles. The summed E-state index contributed by atoms with van der Waals surface area (Å²) in [5.74, 6) is 1.51. The minimum Gasteiger partial charge on any atom is -0.436 e. The van der Waals surface area contributed by atoms with Gasteiger partial charge in [0.05, 0.1) is 90.7 Å². The maximum absolute atomic E-state index is 10.8. The molecular weight excluding hydrogens is 1190 g/mol. The highest BCUT2D eigenvalue weighted by atomic mass is 16.3. The molecule has 6 heterocycles. The highest BCUT2D eigenvalue weighted by molar-refractivity contribution is 6.17. The van der Waals surface area contributed by atoms with Gasteiger partial charge in [-0.05, 0) is 189 Å². The molecule has 0 spiro atoms. The number of fused-ring (bicyclic) bond motifs is 13. The Morgan fingerprint density at radius 3 is 0.918 bits per heavy atom. The molecular formula is C86H68N10O. The molecule has 0 saturated carbocycles. The number of rotatable bonds is 6. The summed E-state index contributed by atoms with van der Waals surface area (Å²) in [7, 11) is 0. The minimum absolute atomic E-state index is 0.214. The third-order valence-corrected chi connectivity index (χ3v) is 19.7. The van der Waals surface area contributed by atoms with Crippen molar-refractivity contribution in [3.63, 3.8) is 0 Å². The maximum atomic E-state index is 10.8. The highest BCUT2D eigenvalue weighted by Crippen LogP contribution is 2.52. The molecule has 6 aromatic heterocycles. The molecule has 0 saturated heterocycles. The average molecular weight is 1260 g/mol. The van der Waals surface area contributed by atoms with Crippen molar-refractivity contribution in [1.29, 1.82) is 21.0 Å². The molecule has 0 amide bonds. The van der Waals surface area contributed by atoms with Crippen LogP contribution in [0.5, 0.6) is 0 Å². The van der Waals surface area contributed by atoms with Crippen molar-refractivity contribution in [3.8, 4) is 69.9 Å². The first-order valence-electron chi connectivity index (χ1n) is 32.9. The number of oxazole rings is 1. The van der Waals surface area contributed by atoms with Gasteiger partial charge in [0, 0.05) is 54.2 Å². The summed E-state index contributed by atoms with van der Waals surface area (Å²) in [6.07, 6.45) is 0. The first-order valence-corrected chi connectivity index (χ1v) is 32.9. The van der Waals surface area contributed by atoms with Crippen molar-refractivity contribution >= 4 is 98.3 Å². The normalized spacial score (nSPS) is 12.5. The van der Waals surface area contributed by atoms with Crippen molar-refractivity contribution in [2.24, 2.45) is 0 Å². The zero-order valence-corrected chi connectivity index (χ0v) is 56.4. The Labute approximate surface area is 562 Å². The predicted molar refractivity (Wildman–Crippen MR) is 394 cm³/mol. The summed E-state index contributed by atoms with van der Waals surface area (Å²) in [6, 6.07) is 76.7. The molecule has 97 heavy (non-hydrogen) atoms. The smallest absolute Gasteiger partial charge is 0.227 e. The van der Waals surface area contributed by atoms with E-state index >= 15 is 0 Å². The predicted octanol–water partition coefficient (Wildman–Crippen LogP) is 21.6. The summed E-state index contributed by atoms with van der Waals surface area (Å²) in [4.78, 5) is 11.9. The lowest BCUT2D eigenvalue weighted by atomic mass is 9.85. The van der Waals surface area contributed by atoms with Crippen LogP contribution >= 0.6 is 0 Å². The van der Waals surface area contributed by atoms with E-state index in [4.69, 9.17) is 14.4 Å². The van der Waals surface area contributed by atoms with Crippen LogP contribution in [-0.2, 0) is 21.7 Å². The molecule has 10 aromatic carbocycles. The van der Waals surface area contributed by atoms with E-state index in [1.165, 1.54) is 22.3 Å². The SMILES string of the molecule is CC(C)(C)c1ccc2c(c1)c1cc(C(C)(C)C)ccc1n2-c1nc(-n2c3ccc(C#N)cc3c3cc(C#N)ccc32)c(-n2c3ccc(C(C)(C)C)cc3c3cc(C(C)(C)C)ccc32)c(-c2ccccc2-c2nc3ccccc3o2)c1-n1c2ccc(C#N)cc2c2cc(C#N)ccc21. The Balaban J connectivity index is 1.25. The first-order chi connectivity index (χ1) is 46.4. The molecule has 468 valence electrons. The summed E-state index contributed by atoms with van der Waals surface area (Å²) in [5, 5.41) is 50.3. The number of hydrogen-bond acceptors (Lipinski definition) is 7. The molecule has 0 unspecified atom stereocenters. The summed E-state index contributed by atoms with van der Waals surface area (Å²) < 4.78 is 16.3. The molecule has 11 heteroatoms. The van der Waals surface area contributed by atoms with Crippen LogP contribution in [0.25, 0.3) is 144 Å². The zero-order chi connectivity index (χ0) is 67.5. The number of pyridine rings is 1. The Morgan fingerprint density at radius 2 is 0.598 bits per heavy atom. The van der Waals surface area contributed by atoms with Gasteiger partial charge in [-0.25, -0.2) is 9.97 Å². The maximum Gasteiger partial charge on any atom is 0.227 e. The lowest BCUT2D eigenvalue weighted by Crippen LogP contribution is -2.16. The summed E-state index contributed by atoms with van der Waals surface area (Å²) >= 11 is 0. The molecule has 0 bridgehead atoms. The van der Waals surface area contributed by atoms with Gasteiger partial charge in [-0.2, -0.15) is 21.0 Å². The summed E-state index contributed by atoms with van der Waals surface area (Å²) in [5.41, 5.74) is 17.4. The van der Waals surface area contributed by atoms with E-state index in [0.29, 0.717) is 67.8 Å². The van der Waals surface area contributed by atoms with Gasteiger partial charge in [0.15, 0.2) is 17.2 Å². The van der Waals surface area contributed by atoms with E-state index in [2.05, 4.69) is 217 Å². The van der Waals surface area contributed by atoms with Gasteiger partial charge >= 0.3 is 0 Å². The van der Waals surface area contributed by atoms with Crippen LogP contribution in [0, 0.1) is 45.3 Å². The second-order valence-electron chi connectivity index (χ2n) is 30.0. The first kappa shape index (κ1) is 60.0. The molecule has 16 rings (SSSR count). The second-order valence-corrected chi connectivity index (χ2v) is 30.0. The minimum atomic E-state index is -0.222. The third-order valence-electron chi connectivity index (χ3n) is 19.7. The van der Waals surface area contributed by atoms with Crippen LogP contribution in [0.4, 0.5) is 0 Å². The second kappa shape index (κ2) is 21.2. The Bertz CT molecular complexity index is 5970. The molecule has 0 aliphatic heterocycles. The van der Waals surface area contributed by atoms with E-state index in [1.807, 2.05) is 103 Å². The van der Waals surface area contributed by atoms with E-state index in [-0.39, 0.29) is 21.7 Å². The molecule has 11 nitrogen and oxygen atoms in total. The van der Waals surface area contributed by atoms with Crippen molar-refractivity contribution < 1.29 is 4.42 Å². The molecule has 16 aromatic rings. The van der Waals surface area contributed by atoms with Gasteiger partial charge in [-0.3, -0.25) is 9.13 Å². The third kappa shape index (κ3) is 9.33. The van der Waals surface area contributed by atoms with Gasteiger partial charge in [0.1, 0.15) is 16.9 Å². The van der Waals surface area contributed by atoms with Gasteiger partial charge in [-0.15, -0.1) is 0 Å². The molecule has 0 aliphatic rings. The standard InChI is InChI=1S/C86H68N10O/c1-83(2,3)53-25-33-70-63(41-53)64-42-54(84(4,5)6)26-34-71(64)94(70)79-77(57-17-13-14-18-58(57)82-91-67-19-15-16-20-76(67)97-82)78(93-68-29-21-49(45-87)37-59(68)60-38-50(46-88)22-30-69(60)93)81(92-80(79)95-72-31-23-51(47-89)39-61(72)62-40-52(48-90)24-32-73(62)95)96-74-35-27-55(85(7,8)9)43-65(74)66-44-56(86(10,11)12)28-36-75(66)96/h13-44H,1-12H3. The Kier molecular flexibility index (Phi) is 13.1. The monoisotopic (exact) mass is 1260 g/mol. The molecule has 0 radical (unpaired) electrons. The van der Waals surface area contributed by atoms with Crippen LogP contribution < -0.4 is 0 Å². The largest absolute Gasteiger partial charge is 0.436 e. The van der Waals surface area contributed by atoms with E-state index in [0.717, 1.165) is 98.4 Å². The van der Waals surface area contributed by atoms with Crippen molar-refractivity contribution in [1.82, 2.24) is 28.2 Å². The van der Waals surface area contributed by atoms with Crippen molar-refractivity contribution in [3.05, 3.63) is 239 Å². The fraction of sp³-hybridized carbons (Fsp3) is 0.186. The van der Waals surface area contributed by atoms with E-state index in [1.54, 1.807) is 0 Å². The number of benzene rings is 10. The van der Waals surface area contributed by atoms with Crippen LogP contribution in [0.1, 0.15) is 128 Å². The van der Waals surface area contributed by atoms with Crippen LogP contribution in [0.3, 0.4) is 0 Å². The van der Waals surface area contributed by atoms with Crippen molar-refractivity contribution in [2.45, 2.75) is 105 Å². The van der Waals surface area contributed by atoms with Crippen LogP contribution in [-0.4, -0.2) is 28.2 Å². The number of nitriles is 4. The fourth-order valence-electron chi connectivity index (χ4n) is 14.6. The Hall–Kier alpha value is -12.0. The van der Waals surface area contributed by atoms with Crippen LogP contribution in [0.15, 0.2) is 199 Å². The number of para-hydroxylation sites is 2. The molecule has 0 N–H and O–H groups in total. The lowest BCUT2D eigenvalue weighted by molar-refractivity contribution is 0.590. The topological polar surface area (TPSA) is 154 Å². The Morgan fingerprint density at radius 1 is 0.309 bits per heavy atom. The van der Waals surface area contributed by atoms with Gasteiger partial charge in [0.25, 0.3) is 0 Å². The molecule has 0 fully saturated rings. The van der Waals surface area contributed by atoms with Crippen molar-refractivity contribution in [2.75, 3.05) is 0 Å².